The minimum absolute atomic E-state index is 0.231. The third kappa shape index (κ3) is 1.61. The molecule has 106 valence electrons. The SMILES string of the molecule is O=C1N(C2CCOCC2)Cc2cncnc2C12CNC2. The van der Waals surface area contributed by atoms with E-state index in [-0.39, 0.29) is 5.91 Å². The lowest BCUT2D eigenvalue weighted by Gasteiger charge is -2.50. The summed E-state index contributed by atoms with van der Waals surface area (Å²) in [5.41, 5.74) is 1.58. The maximum atomic E-state index is 13.0. The molecule has 2 fully saturated rings. The topological polar surface area (TPSA) is 67.4 Å². The van der Waals surface area contributed by atoms with Crippen LogP contribution < -0.4 is 5.32 Å². The Labute approximate surface area is 117 Å². The minimum atomic E-state index is -0.450. The van der Waals surface area contributed by atoms with Crippen LogP contribution in [0.5, 0.6) is 0 Å². The smallest absolute Gasteiger partial charge is 0.238 e. The number of rotatable bonds is 1. The van der Waals surface area contributed by atoms with Crippen LogP contribution in [0.2, 0.25) is 0 Å². The van der Waals surface area contributed by atoms with Crippen molar-refractivity contribution in [2.24, 2.45) is 0 Å². The third-order valence-electron chi connectivity index (χ3n) is 4.74. The predicted octanol–water partition coefficient (Wildman–Crippen LogP) is -0.161. The lowest BCUT2D eigenvalue weighted by atomic mass is 9.72. The largest absolute Gasteiger partial charge is 0.381 e. The quantitative estimate of drug-likeness (QED) is 0.770. The Morgan fingerprint density at radius 1 is 1.35 bits per heavy atom. The molecule has 4 heterocycles. The number of aromatic nitrogens is 2. The molecule has 0 aromatic carbocycles. The van der Waals surface area contributed by atoms with E-state index in [9.17, 15) is 4.79 Å². The standard InChI is InChI=1S/C14H18N4O2/c19-13-14(7-16-8-14)12-10(5-15-9-17-12)6-18(13)11-1-3-20-4-2-11/h5,9,11,16H,1-4,6-8H2. The van der Waals surface area contributed by atoms with Crippen LogP contribution in [0.25, 0.3) is 0 Å². The van der Waals surface area contributed by atoms with E-state index in [2.05, 4.69) is 15.3 Å². The van der Waals surface area contributed by atoms with Gasteiger partial charge in [0.2, 0.25) is 5.91 Å². The van der Waals surface area contributed by atoms with Crippen LogP contribution in [0.15, 0.2) is 12.5 Å². The van der Waals surface area contributed by atoms with Crippen LogP contribution in [0, 0.1) is 0 Å². The second-order valence-corrected chi connectivity index (χ2v) is 5.86. The fraction of sp³-hybridized carbons (Fsp3) is 0.643. The molecule has 4 rings (SSSR count). The zero-order chi connectivity index (χ0) is 13.6. The normalized spacial score (nSPS) is 25.4. The summed E-state index contributed by atoms with van der Waals surface area (Å²) in [6, 6.07) is 0.294. The summed E-state index contributed by atoms with van der Waals surface area (Å²) in [7, 11) is 0. The van der Waals surface area contributed by atoms with Gasteiger partial charge in [-0.15, -0.1) is 0 Å². The highest BCUT2D eigenvalue weighted by molar-refractivity contribution is 5.91. The zero-order valence-corrected chi connectivity index (χ0v) is 11.3. The maximum absolute atomic E-state index is 13.0. The van der Waals surface area contributed by atoms with Gasteiger partial charge in [-0.1, -0.05) is 0 Å². The number of amides is 1. The van der Waals surface area contributed by atoms with Crippen molar-refractivity contribution in [3.63, 3.8) is 0 Å². The molecule has 6 heteroatoms. The number of hydrogen-bond donors (Lipinski definition) is 1. The second-order valence-electron chi connectivity index (χ2n) is 5.86. The van der Waals surface area contributed by atoms with Crippen molar-refractivity contribution in [1.82, 2.24) is 20.2 Å². The summed E-state index contributed by atoms with van der Waals surface area (Å²) in [6.07, 6.45) is 5.27. The molecule has 1 N–H and O–H groups in total. The highest BCUT2D eigenvalue weighted by atomic mass is 16.5. The van der Waals surface area contributed by atoms with Crippen LogP contribution in [-0.4, -0.2) is 53.1 Å². The molecule has 0 bridgehead atoms. The summed E-state index contributed by atoms with van der Waals surface area (Å²) in [4.78, 5) is 23.5. The van der Waals surface area contributed by atoms with E-state index in [4.69, 9.17) is 4.74 Å². The first-order chi connectivity index (χ1) is 9.81. The number of fused-ring (bicyclic) bond motifs is 2. The van der Waals surface area contributed by atoms with Crippen molar-refractivity contribution >= 4 is 5.91 Å². The van der Waals surface area contributed by atoms with E-state index in [1.54, 1.807) is 6.33 Å². The van der Waals surface area contributed by atoms with Crippen LogP contribution in [0.3, 0.4) is 0 Å². The van der Waals surface area contributed by atoms with E-state index < -0.39 is 5.41 Å². The van der Waals surface area contributed by atoms with E-state index in [1.165, 1.54) is 0 Å². The molecule has 0 aliphatic carbocycles. The van der Waals surface area contributed by atoms with Crippen LogP contribution >= 0.6 is 0 Å². The Balaban J connectivity index is 1.72. The van der Waals surface area contributed by atoms with Gasteiger partial charge in [0, 0.05) is 50.7 Å². The summed E-state index contributed by atoms with van der Waals surface area (Å²) < 4.78 is 5.41. The molecule has 20 heavy (non-hydrogen) atoms. The van der Waals surface area contributed by atoms with Crippen molar-refractivity contribution in [2.75, 3.05) is 26.3 Å². The number of nitrogens with one attached hydrogen (secondary N) is 1. The van der Waals surface area contributed by atoms with Gasteiger partial charge in [-0.05, 0) is 12.8 Å². The van der Waals surface area contributed by atoms with Gasteiger partial charge in [0.25, 0.3) is 0 Å². The van der Waals surface area contributed by atoms with Crippen molar-refractivity contribution < 1.29 is 9.53 Å². The molecule has 6 nitrogen and oxygen atoms in total. The first-order valence-electron chi connectivity index (χ1n) is 7.20. The van der Waals surface area contributed by atoms with Gasteiger partial charge in [0.15, 0.2) is 0 Å². The molecule has 1 amide bonds. The lowest BCUT2D eigenvalue weighted by Crippen LogP contribution is -2.69. The molecule has 0 saturated carbocycles. The van der Waals surface area contributed by atoms with Gasteiger partial charge in [0.1, 0.15) is 11.7 Å². The Morgan fingerprint density at radius 2 is 2.15 bits per heavy atom. The molecule has 0 radical (unpaired) electrons. The first kappa shape index (κ1) is 12.2. The number of nitrogens with zero attached hydrogens (tertiary/aromatic N) is 3. The molecule has 0 atom stereocenters. The average molecular weight is 274 g/mol. The number of carbonyl (C=O) groups is 1. The zero-order valence-electron chi connectivity index (χ0n) is 11.3. The number of ether oxygens (including phenoxy) is 1. The van der Waals surface area contributed by atoms with Crippen LogP contribution in [0.4, 0.5) is 0 Å². The highest BCUT2D eigenvalue weighted by Gasteiger charge is 2.54. The van der Waals surface area contributed by atoms with Crippen molar-refractivity contribution in [3.05, 3.63) is 23.8 Å². The van der Waals surface area contributed by atoms with Gasteiger partial charge >= 0.3 is 0 Å². The van der Waals surface area contributed by atoms with Crippen molar-refractivity contribution in [2.45, 2.75) is 30.8 Å². The van der Waals surface area contributed by atoms with E-state index in [0.29, 0.717) is 25.7 Å². The summed E-state index contributed by atoms with van der Waals surface area (Å²) in [5.74, 6) is 0.231. The minimum Gasteiger partial charge on any atom is -0.381 e. The van der Waals surface area contributed by atoms with Crippen LogP contribution in [-0.2, 0) is 21.5 Å². The molecule has 1 aromatic rings. The van der Waals surface area contributed by atoms with E-state index in [0.717, 1.165) is 37.3 Å². The molecule has 3 aliphatic rings. The predicted molar refractivity (Wildman–Crippen MR) is 71.0 cm³/mol. The Morgan fingerprint density at radius 3 is 2.85 bits per heavy atom. The van der Waals surface area contributed by atoms with Crippen molar-refractivity contribution in [3.8, 4) is 0 Å². The Kier molecular flexibility index (Phi) is 2.75. The Bertz CT molecular complexity index is 538. The molecule has 1 spiro atoms. The van der Waals surface area contributed by atoms with Gasteiger partial charge < -0.3 is 15.0 Å². The average Bonchev–Trinajstić information content (AvgIpc) is 2.46. The van der Waals surface area contributed by atoms with E-state index in [1.807, 2.05) is 11.1 Å². The monoisotopic (exact) mass is 274 g/mol. The fourth-order valence-electron chi connectivity index (χ4n) is 3.52. The van der Waals surface area contributed by atoms with Gasteiger partial charge in [-0.25, -0.2) is 9.97 Å². The maximum Gasteiger partial charge on any atom is 0.238 e. The Hall–Kier alpha value is -1.53. The number of hydrogen-bond acceptors (Lipinski definition) is 5. The molecule has 0 unspecified atom stereocenters. The molecule has 1 aromatic heterocycles. The molecule has 2 saturated heterocycles. The molecule has 3 aliphatic heterocycles. The highest BCUT2D eigenvalue weighted by Crippen LogP contribution is 2.38. The number of carbonyl (C=O) groups excluding carboxylic acids is 1. The van der Waals surface area contributed by atoms with Gasteiger partial charge in [0.05, 0.1) is 5.69 Å². The lowest BCUT2D eigenvalue weighted by molar-refractivity contribution is -0.146. The summed E-state index contributed by atoms with van der Waals surface area (Å²) in [5, 5.41) is 3.23. The molecular weight excluding hydrogens is 256 g/mol. The fourth-order valence-corrected chi connectivity index (χ4v) is 3.52. The van der Waals surface area contributed by atoms with Crippen molar-refractivity contribution in [1.29, 1.82) is 0 Å². The van der Waals surface area contributed by atoms with E-state index >= 15 is 0 Å². The van der Waals surface area contributed by atoms with Gasteiger partial charge in [-0.3, -0.25) is 4.79 Å². The molecular formula is C14H18N4O2. The summed E-state index contributed by atoms with van der Waals surface area (Å²) >= 11 is 0. The van der Waals surface area contributed by atoms with Crippen LogP contribution in [0.1, 0.15) is 24.1 Å². The second kappa shape index (κ2) is 4.49. The summed E-state index contributed by atoms with van der Waals surface area (Å²) in [6.45, 7) is 3.52. The third-order valence-corrected chi connectivity index (χ3v) is 4.74. The first-order valence-corrected chi connectivity index (χ1v) is 7.20. The van der Waals surface area contributed by atoms with Gasteiger partial charge in [-0.2, -0.15) is 0 Å².